The van der Waals surface area contributed by atoms with Crippen molar-refractivity contribution in [3.63, 3.8) is 0 Å². The first-order valence-corrected chi connectivity index (χ1v) is 10.1. The highest BCUT2D eigenvalue weighted by molar-refractivity contribution is 8.27. The van der Waals surface area contributed by atoms with Gasteiger partial charge in [-0.05, 0) is 42.5 Å². The van der Waals surface area contributed by atoms with Crippen LogP contribution in [0.3, 0.4) is 0 Å². The molecule has 5 nitrogen and oxygen atoms in total. The van der Waals surface area contributed by atoms with E-state index in [0.29, 0.717) is 22.1 Å². The second kappa shape index (κ2) is 8.06. The second-order valence-corrected chi connectivity index (χ2v) is 8.25. The average Bonchev–Trinajstić information content (AvgIpc) is 3.27. The number of anilines is 1. The van der Waals surface area contributed by atoms with Crippen LogP contribution in [0.15, 0.2) is 63.9 Å². The van der Waals surface area contributed by atoms with Gasteiger partial charge in [-0.15, -0.1) is 0 Å². The number of carboxylic acid groups (broad SMARTS) is 1. The SMILES string of the molecule is O=C(O)c1ccc(Cl)c(-c2ccc(/C=C3/SC(=S)N(c4ccccc4F)C3=O)o2)c1. The van der Waals surface area contributed by atoms with Crippen LogP contribution in [0.2, 0.25) is 5.02 Å². The number of carboxylic acids is 1. The molecule has 0 spiro atoms. The predicted molar refractivity (Wildman–Crippen MR) is 118 cm³/mol. The Hall–Kier alpha value is -2.94. The topological polar surface area (TPSA) is 70.8 Å². The monoisotopic (exact) mass is 459 g/mol. The van der Waals surface area contributed by atoms with Crippen molar-refractivity contribution in [2.45, 2.75) is 0 Å². The van der Waals surface area contributed by atoms with Gasteiger partial charge in [0.25, 0.3) is 5.91 Å². The Balaban J connectivity index is 1.65. The molecule has 1 aliphatic rings. The van der Waals surface area contributed by atoms with Gasteiger partial charge >= 0.3 is 5.97 Å². The van der Waals surface area contributed by atoms with Crippen molar-refractivity contribution >= 4 is 63.5 Å². The molecule has 2 heterocycles. The molecule has 1 N–H and O–H groups in total. The van der Waals surface area contributed by atoms with Crippen LogP contribution >= 0.6 is 35.6 Å². The summed E-state index contributed by atoms with van der Waals surface area (Å²) in [7, 11) is 0. The molecule has 1 saturated heterocycles. The third-order valence-corrected chi connectivity index (χ3v) is 5.90. The van der Waals surface area contributed by atoms with E-state index < -0.39 is 17.7 Å². The third kappa shape index (κ3) is 3.77. The Labute approximate surface area is 184 Å². The molecule has 0 radical (unpaired) electrons. The van der Waals surface area contributed by atoms with Gasteiger partial charge in [0.1, 0.15) is 17.3 Å². The van der Waals surface area contributed by atoms with Crippen LogP contribution in [0.1, 0.15) is 16.1 Å². The van der Waals surface area contributed by atoms with Gasteiger partial charge in [0.2, 0.25) is 0 Å². The summed E-state index contributed by atoms with van der Waals surface area (Å²) < 4.78 is 20.1. The summed E-state index contributed by atoms with van der Waals surface area (Å²) in [5, 5.41) is 9.49. The maximum absolute atomic E-state index is 14.1. The number of nitrogens with zero attached hydrogens (tertiary/aromatic N) is 1. The van der Waals surface area contributed by atoms with E-state index in [1.54, 1.807) is 18.2 Å². The largest absolute Gasteiger partial charge is 0.478 e. The molecule has 0 atom stereocenters. The molecular formula is C21H11ClFNO4S2. The van der Waals surface area contributed by atoms with Gasteiger partial charge in [-0.2, -0.15) is 0 Å². The van der Waals surface area contributed by atoms with Crippen molar-refractivity contribution in [3.8, 4) is 11.3 Å². The molecule has 3 aromatic rings. The van der Waals surface area contributed by atoms with Crippen molar-refractivity contribution in [2.75, 3.05) is 4.90 Å². The van der Waals surface area contributed by atoms with Crippen molar-refractivity contribution in [3.05, 3.63) is 81.7 Å². The lowest BCUT2D eigenvalue weighted by Gasteiger charge is -2.14. The maximum Gasteiger partial charge on any atom is 0.335 e. The fourth-order valence-corrected chi connectivity index (χ4v) is 4.34. The molecule has 0 bridgehead atoms. The molecular weight excluding hydrogens is 449 g/mol. The van der Waals surface area contributed by atoms with Gasteiger partial charge in [0.15, 0.2) is 4.32 Å². The van der Waals surface area contributed by atoms with Crippen LogP contribution in [0.25, 0.3) is 17.4 Å². The van der Waals surface area contributed by atoms with Crippen LogP contribution in [0.5, 0.6) is 0 Å². The maximum atomic E-state index is 14.1. The van der Waals surface area contributed by atoms with Gasteiger partial charge < -0.3 is 9.52 Å². The smallest absolute Gasteiger partial charge is 0.335 e. The highest BCUT2D eigenvalue weighted by Gasteiger charge is 2.35. The quantitative estimate of drug-likeness (QED) is 0.390. The average molecular weight is 460 g/mol. The number of para-hydroxylation sites is 1. The summed E-state index contributed by atoms with van der Waals surface area (Å²) in [5.41, 5.74) is 0.564. The normalized spacial score (nSPS) is 15.3. The van der Waals surface area contributed by atoms with Crippen LogP contribution in [-0.2, 0) is 4.79 Å². The Kier molecular flexibility index (Phi) is 5.46. The number of halogens is 2. The number of hydrogen-bond acceptors (Lipinski definition) is 5. The number of thioether (sulfide) groups is 1. The highest BCUT2D eigenvalue weighted by atomic mass is 35.5. The molecule has 1 amide bonds. The Morgan fingerprint density at radius 3 is 2.70 bits per heavy atom. The molecule has 9 heteroatoms. The van der Waals surface area contributed by atoms with Crippen molar-refractivity contribution in [2.24, 2.45) is 0 Å². The van der Waals surface area contributed by atoms with E-state index in [0.717, 1.165) is 16.7 Å². The molecule has 30 heavy (non-hydrogen) atoms. The number of aromatic carboxylic acids is 1. The molecule has 4 rings (SSSR count). The van der Waals surface area contributed by atoms with E-state index >= 15 is 0 Å². The number of benzene rings is 2. The number of carbonyl (C=O) groups is 2. The first kappa shape index (κ1) is 20.3. The van der Waals surface area contributed by atoms with Crippen LogP contribution in [0, 0.1) is 5.82 Å². The van der Waals surface area contributed by atoms with E-state index in [1.807, 2.05) is 0 Å². The minimum Gasteiger partial charge on any atom is -0.478 e. The van der Waals surface area contributed by atoms with Crippen LogP contribution in [-0.4, -0.2) is 21.3 Å². The van der Waals surface area contributed by atoms with E-state index in [1.165, 1.54) is 42.5 Å². The molecule has 1 aliphatic heterocycles. The highest BCUT2D eigenvalue weighted by Crippen LogP contribution is 2.38. The van der Waals surface area contributed by atoms with Gasteiger partial charge in [0, 0.05) is 11.6 Å². The van der Waals surface area contributed by atoms with E-state index in [9.17, 15) is 14.0 Å². The number of thiocarbonyl (C=S) groups is 1. The fraction of sp³-hybridized carbons (Fsp3) is 0. The second-order valence-electron chi connectivity index (χ2n) is 6.17. The zero-order valence-electron chi connectivity index (χ0n) is 15.0. The molecule has 1 fully saturated rings. The number of furan rings is 1. The number of rotatable bonds is 4. The number of carbonyl (C=O) groups excluding carboxylic acids is 1. The van der Waals surface area contributed by atoms with Crippen molar-refractivity contribution < 1.29 is 23.5 Å². The van der Waals surface area contributed by atoms with Gasteiger partial charge in [-0.1, -0.05) is 47.7 Å². The molecule has 0 aliphatic carbocycles. The Morgan fingerprint density at radius 2 is 1.97 bits per heavy atom. The predicted octanol–water partition coefficient (Wildman–Crippen LogP) is 5.84. The summed E-state index contributed by atoms with van der Waals surface area (Å²) in [6.45, 7) is 0. The number of hydrogen-bond donors (Lipinski definition) is 1. The lowest BCUT2D eigenvalue weighted by atomic mass is 10.1. The zero-order chi connectivity index (χ0) is 21.4. The molecule has 150 valence electrons. The lowest BCUT2D eigenvalue weighted by molar-refractivity contribution is -0.113. The van der Waals surface area contributed by atoms with Gasteiger partial charge in [-0.3, -0.25) is 9.69 Å². The summed E-state index contributed by atoms with van der Waals surface area (Å²) in [6, 6.07) is 13.4. The third-order valence-electron chi connectivity index (χ3n) is 4.27. The first-order chi connectivity index (χ1) is 14.3. The summed E-state index contributed by atoms with van der Waals surface area (Å²) in [5.74, 6) is -1.41. The molecule has 0 saturated carbocycles. The standard InChI is InChI=1S/C21H11ClFNO4S2/c22-14-7-5-11(20(26)27)9-13(14)17-8-6-12(28-17)10-18-19(25)24(21(29)30-18)16-4-2-1-3-15(16)23/h1-10H,(H,26,27)/b18-10+. The summed E-state index contributed by atoms with van der Waals surface area (Å²) in [6.07, 6.45) is 1.50. The zero-order valence-corrected chi connectivity index (χ0v) is 17.4. The van der Waals surface area contributed by atoms with Crippen molar-refractivity contribution in [1.82, 2.24) is 0 Å². The van der Waals surface area contributed by atoms with Gasteiger partial charge in [-0.25, -0.2) is 9.18 Å². The Morgan fingerprint density at radius 1 is 1.20 bits per heavy atom. The van der Waals surface area contributed by atoms with E-state index in [4.69, 9.17) is 33.3 Å². The molecule has 1 aromatic heterocycles. The lowest BCUT2D eigenvalue weighted by Crippen LogP contribution is -2.28. The summed E-state index contributed by atoms with van der Waals surface area (Å²) in [4.78, 5) is 25.4. The Bertz CT molecular complexity index is 1240. The van der Waals surface area contributed by atoms with Gasteiger partial charge in [0.05, 0.1) is 21.2 Å². The molecule has 0 unspecified atom stereocenters. The number of amides is 1. The van der Waals surface area contributed by atoms with Crippen LogP contribution in [0.4, 0.5) is 10.1 Å². The first-order valence-electron chi connectivity index (χ1n) is 8.50. The van der Waals surface area contributed by atoms with Crippen molar-refractivity contribution in [1.29, 1.82) is 0 Å². The van der Waals surface area contributed by atoms with E-state index in [2.05, 4.69) is 0 Å². The minimum absolute atomic E-state index is 0.0677. The van der Waals surface area contributed by atoms with Crippen LogP contribution < -0.4 is 4.90 Å². The molecule has 2 aromatic carbocycles. The summed E-state index contributed by atoms with van der Waals surface area (Å²) >= 11 is 12.5. The fourth-order valence-electron chi connectivity index (χ4n) is 2.86. The van der Waals surface area contributed by atoms with E-state index in [-0.39, 0.29) is 20.5 Å². The minimum atomic E-state index is -1.09.